The Kier molecular flexibility index (Phi) is 1.96. The van der Waals surface area contributed by atoms with Crippen LogP contribution in [0.4, 0.5) is 0 Å². The lowest BCUT2D eigenvalue weighted by Crippen LogP contribution is -1.94. The molecule has 0 radical (unpaired) electrons. The van der Waals surface area contributed by atoms with Crippen LogP contribution in [0.1, 0.15) is 16.1 Å². The minimum absolute atomic E-state index is 0.127. The molecule has 0 amide bonds. The van der Waals surface area contributed by atoms with Crippen LogP contribution in [0, 0.1) is 0 Å². The zero-order valence-electron chi connectivity index (χ0n) is 8.63. The Labute approximate surface area is 93.1 Å². The molecule has 2 aromatic heterocycles. The molecule has 16 heavy (non-hydrogen) atoms. The molecule has 78 valence electrons. The summed E-state index contributed by atoms with van der Waals surface area (Å²) < 4.78 is 1.97. The summed E-state index contributed by atoms with van der Waals surface area (Å²) >= 11 is 0. The van der Waals surface area contributed by atoms with Gasteiger partial charge in [-0.15, -0.1) is 0 Å². The Morgan fingerprint density at radius 2 is 2.06 bits per heavy atom. The number of hydrogen-bond acceptors (Lipinski definition) is 2. The number of hydrogen-bond donors (Lipinski definition) is 0. The number of aromatic nitrogens is 2. The molecule has 0 aliphatic carbocycles. The average Bonchev–Trinajstić information content (AvgIpc) is 2.86. The molecule has 2 aromatic rings. The third-order valence-electron chi connectivity index (χ3n) is 2.74. The Balaban J connectivity index is 1.98. The van der Waals surface area contributed by atoms with Gasteiger partial charge in [0.15, 0.2) is 0 Å². The number of Topliss-reactive ketones (excluding diaryl/α,β-unsaturated/α-hetero) is 1. The molecule has 0 atom stereocenters. The number of carbonyl (C=O) groups excluding carboxylic acids is 1. The van der Waals surface area contributed by atoms with E-state index < -0.39 is 0 Å². The van der Waals surface area contributed by atoms with Gasteiger partial charge in [0.2, 0.25) is 5.78 Å². The van der Waals surface area contributed by atoms with E-state index in [9.17, 15) is 4.79 Å². The number of rotatable bonds is 1. The number of allylic oxidation sites excluding steroid dienone is 1. The second kappa shape index (κ2) is 3.45. The van der Waals surface area contributed by atoms with E-state index in [-0.39, 0.29) is 5.78 Å². The van der Waals surface area contributed by atoms with E-state index in [1.54, 1.807) is 12.4 Å². The predicted octanol–water partition coefficient (Wildman–Crippen LogP) is 2.16. The number of pyridine rings is 1. The molecule has 0 fully saturated rings. The van der Waals surface area contributed by atoms with Gasteiger partial charge in [-0.3, -0.25) is 9.78 Å². The van der Waals surface area contributed by atoms with E-state index in [4.69, 9.17) is 0 Å². The van der Waals surface area contributed by atoms with E-state index in [0.717, 1.165) is 16.8 Å². The highest BCUT2D eigenvalue weighted by Gasteiger charge is 2.23. The fourth-order valence-corrected chi connectivity index (χ4v) is 1.95. The molecule has 0 saturated heterocycles. The Hall–Kier alpha value is -2.16. The first-order valence-electron chi connectivity index (χ1n) is 5.15. The summed E-state index contributed by atoms with van der Waals surface area (Å²) in [5.41, 5.74) is 2.63. The van der Waals surface area contributed by atoms with Crippen molar-refractivity contribution in [1.82, 2.24) is 9.55 Å². The Morgan fingerprint density at radius 3 is 2.81 bits per heavy atom. The number of ketones is 1. The topological polar surface area (TPSA) is 34.9 Å². The van der Waals surface area contributed by atoms with Crippen LogP contribution in [0.2, 0.25) is 0 Å². The van der Waals surface area contributed by atoms with Crippen molar-refractivity contribution in [2.24, 2.45) is 0 Å². The molecule has 3 rings (SSSR count). The molecule has 3 heteroatoms. The van der Waals surface area contributed by atoms with Crippen molar-refractivity contribution in [3.63, 3.8) is 0 Å². The quantitative estimate of drug-likeness (QED) is 0.676. The summed E-state index contributed by atoms with van der Waals surface area (Å²) in [6.45, 7) is 0.670. The van der Waals surface area contributed by atoms with Gasteiger partial charge in [-0.1, -0.05) is 0 Å². The first kappa shape index (κ1) is 9.09. The van der Waals surface area contributed by atoms with Crippen LogP contribution in [0.5, 0.6) is 0 Å². The summed E-state index contributed by atoms with van der Waals surface area (Å²) in [5, 5.41) is 0. The Morgan fingerprint density at radius 1 is 1.25 bits per heavy atom. The Bertz CT molecular complexity index is 567. The van der Waals surface area contributed by atoms with Gasteiger partial charge in [0, 0.05) is 24.2 Å². The standard InChI is InChI=1S/C13H10N2O/c16-13-11(8-10-3-5-14-6-4-10)9-15-7-1-2-12(13)15/h1-8H,9H2/b11-8-. The lowest BCUT2D eigenvalue weighted by atomic mass is 10.1. The fourth-order valence-electron chi connectivity index (χ4n) is 1.95. The van der Waals surface area contributed by atoms with Gasteiger partial charge in [-0.25, -0.2) is 0 Å². The van der Waals surface area contributed by atoms with Gasteiger partial charge < -0.3 is 4.57 Å². The summed E-state index contributed by atoms with van der Waals surface area (Å²) in [6, 6.07) is 7.55. The van der Waals surface area contributed by atoms with Crippen LogP contribution < -0.4 is 0 Å². The maximum Gasteiger partial charge on any atom is 0.207 e. The molecule has 3 heterocycles. The van der Waals surface area contributed by atoms with Crippen LogP contribution in [-0.2, 0) is 6.54 Å². The molecule has 0 aromatic carbocycles. The average molecular weight is 210 g/mol. The number of carbonyl (C=O) groups is 1. The lowest BCUT2D eigenvalue weighted by molar-refractivity contribution is 0.103. The van der Waals surface area contributed by atoms with Crippen molar-refractivity contribution in [2.75, 3.05) is 0 Å². The fraction of sp³-hybridized carbons (Fsp3) is 0.0769. The first-order chi connectivity index (χ1) is 7.84. The minimum Gasteiger partial charge on any atom is -0.340 e. The lowest BCUT2D eigenvalue weighted by Gasteiger charge is -1.95. The minimum atomic E-state index is 0.127. The van der Waals surface area contributed by atoms with Crippen LogP contribution in [0.3, 0.4) is 0 Å². The summed E-state index contributed by atoms with van der Waals surface area (Å²) in [5.74, 6) is 0.127. The maximum atomic E-state index is 12.0. The van der Waals surface area contributed by atoms with Crippen molar-refractivity contribution in [1.29, 1.82) is 0 Å². The predicted molar refractivity (Wildman–Crippen MR) is 61.0 cm³/mol. The van der Waals surface area contributed by atoms with Gasteiger partial charge in [0.05, 0.1) is 12.2 Å². The van der Waals surface area contributed by atoms with Gasteiger partial charge in [-0.05, 0) is 35.9 Å². The van der Waals surface area contributed by atoms with E-state index >= 15 is 0 Å². The molecule has 0 bridgehead atoms. The third-order valence-corrected chi connectivity index (χ3v) is 2.74. The summed E-state index contributed by atoms with van der Waals surface area (Å²) in [4.78, 5) is 15.9. The van der Waals surface area contributed by atoms with Gasteiger partial charge in [0.25, 0.3) is 0 Å². The summed E-state index contributed by atoms with van der Waals surface area (Å²) in [6.07, 6.45) is 7.32. The molecule has 0 spiro atoms. The smallest absolute Gasteiger partial charge is 0.207 e. The van der Waals surface area contributed by atoms with Crippen LogP contribution >= 0.6 is 0 Å². The van der Waals surface area contributed by atoms with Crippen molar-refractivity contribution in [3.8, 4) is 0 Å². The summed E-state index contributed by atoms with van der Waals surface area (Å²) in [7, 11) is 0. The van der Waals surface area contributed by atoms with Crippen LogP contribution in [-0.4, -0.2) is 15.3 Å². The van der Waals surface area contributed by atoms with Crippen molar-refractivity contribution < 1.29 is 4.79 Å². The SMILES string of the molecule is O=C1/C(=C\c2ccncc2)Cn2cccc21. The molecule has 1 aliphatic heterocycles. The van der Waals surface area contributed by atoms with Crippen molar-refractivity contribution in [3.05, 3.63) is 59.7 Å². The first-order valence-corrected chi connectivity index (χ1v) is 5.15. The van der Waals surface area contributed by atoms with Gasteiger partial charge >= 0.3 is 0 Å². The number of fused-ring (bicyclic) bond motifs is 1. The van der Waals surface area contributed by atoms with Crippen LogP contribution in [0.15, 0.2) is 48.4 Å². The molecule has 0 unspecified atom stereocenters. The van der Waals surface area contributed by atoms with E-state index in [1.165, 1.54) is 0 Å². The zero-order valence-corrected chi connectivity index (χ0v) is 8.63. The van der Waals surface area contributed by atoms with Crippen LogP contribution in [0.25, 0.3) is 6.08 Å². The second-order valence-electron chi connectivity index (χ2n) is 3.80. The second-order valence-corrected chi connectivity index (χ2v) is 3.80. The van der Waals surface area contributed by atoms with Crippen molar-refractivity contribution >= 4 is 11.9 Å². The molecule has 1 aliphatic rings. The molecular weight excluding hydrogens is 200 g/mol. The highest BCUT2D eigenvalue weighted by molar-refractivity contribution is 6.12. The highest BCUT2D eigenvalue weighted by Crippen LogP contribution is 2.22. The zero-order chi connectivity index (χ0) is 11.0. The van der Waals surface area contributed by atoms with E-state index in [0.29, 0.717) is 6.54 Å². The van der Waals surface area contributed by atoms with Crippen molar-refractivity contribution in [2.45, 2.75) is 6.54 Å². The number of nitrogens with zero attached hydrogens (tertiary/aromatic N) is 2. The van der Waals surface area contributed by atoms with E-state index in [1.807, 2.05) is 41.1 Å². The largest absolute Gasteiger partial charge is 0.340 e. The maximum absolute atomic E-state index is 12.0. The molecule has 0 N–H and O–H groups in total. The highest BCUT2D eigenvalue weighted by atomic mass is 16.1. The molecule has 0 saturated carbocycles. The monoisotopic (exact) mass is 210 g/mol. The molecule has 3 nitrogen and oxygen atoms in total. The molecular formula is C13H10N2O. The van der Waals surface area contributed by atoms with Gasteiger partial charge in [0.1, 0.15) is 0 Å². The van der Waals surface area contributed by atoms with E-state index in [2.05, 4.69) is 4.98 Å². The van der Waals surface area contributed by atoms with Gasteiger partial charge in [-0.2, -0.15) is 0 Å². The third kappa shape index (κ3) is 1.37. The normalized spacial score (nSPS) is 16.8.